The van der Waals surface area contributed by atoms with Gasteiger partial charge in [0, 0.05) is 29.2 Å². The maximum Gasteiger partial charge on any atom is 0.311 e. The summed E-state index contributed by atoms with van der Waals surface area (Å²) in [7, 11) is 0. The third-order valence-corrected chi connectivity index (χ3v) is 5.39. The van der Waals surface area contributed by atoms with Crippen molar-refractivity contribution in [3.05, 3.63) is 59.1 Å². The van der Waals surface area contributed by atoms with Gasteiger partial charge in [0.25, 0.3) is 0 Å². The van der Waals surface area contributed by atoms with Crippen LogP contribution in [-0.2, 0) is 14.3 Å². The van der Waals surface area contributed by atoms with Crippen LogP contribution in [0.2, 0.25) is 5.02 Å². The number of halogens is 1. The van der Waals surface area contributed by atoms with Crippen LogP contribution in [0.25, 0.3) is 0 Å². The third kappa shape index (κ3) is 6.31. The Kier molecular flexibility index (Phi) is 8.06. The van der Waals surface area contributed by atoms with Gasteiger partial charge in [-0.1, -0.05) is 31.4 Å². The number of ketones is 1. The van der Waals surface area contributed by atoms with Gasteiger partial charge in [0.15, 0.2) is 12.4 Å². The zero-order valence-electron chi connectivity index (χ0n) is 17.5. The van der Waals surface area contributed by atoms with Gasteiger partial charge >= 0.3 is 5.97 Å². The van der Waals surface area contributed by atoms with Crippen molar-refractivity contribution in [3.8, 4) is 5.75 Å². The van der Waals surface area contributed by atoms with E-state index in [0.717, 1.165) is 25.0 Å². The number of anilines is 1. The lowest BCUT2D eigenvalue weighted by atomic mass is 10.1. The number of carbonyl (C=O) groups is 3. The number of hydrogen-bond acceptors (Lipinski definition) is 5. The Bertz CT molecular complexity index is 911. The molecular formula is C24H26ClNO5. The molecule has 0 radical (unpaired) electrons. The largest absolute Gasteiger partial charge is 0.494 e. The molecule has 1 amide bonds. The Morgan fingerprint density at radius 3 is 2.45 bits per heavy atom. The van der Waals surface area contributed by atoms with Crippen molar-refractivity contribution in [2.75, 3.05) is 24.7 Å². The van der Waals surface area contributed by atoms with Crippen molar-refractivity contribution in [3.63, 3.8) is 0 Å². The molecule has 0 aliphatic carbocycles. The zero-order valence-corrected chi connectivity index (χ0v) is 18.3. The standard InChI is InChI=1S/C24H26ClNO5/c1-2-3-4-13-30-21-11-9-20(10-12-21)26-15-18(14-23(26)28)24(29)31-16-22(27)17-5-7-19(25)8-6-17/h5-12,18H,2-4,13-16H2,1H3/t18-/m0/s1. The average Bonchev–Trinajstić information content (AvgIpc) is 3.17. The fourth-order valence-electron chi connectivity index (χ4n) is 3.35. The molecule has 7 heteroatoms. The van der Waals surface area contributed by atoms with E-state index in [0.29, 0.717) is 22.9 Å². The van der Waals surface area contributed by atoms with Crippen molar-refractivity contribution < 1.29 is 23.9 Å². The molecule has 1 saturated heterocycles. The van der Waals surface area contributed by atoms with Crippen molar-refractivity contribution in [2.24, 2.45) is 5.92 Å². The highest BCUT2D eigenvalue weighted by atomic mass is 35.5. The Morgan fingerprint density at radius 1 is 1.06 bits per heavy atom. The first-order valence-corrected chi connectivity index (χ1v) is 10.8. The van der Waals surface area contributed by atoms with Crippen LogP contribution in [0.15, 0.2) is 48.5 Å². The molecule has 0 saturated carbocycles. The predicted molar refractivity (Wildman–Crippen MR) is 119 cm³/mol. The smallest absolute Gasteiger partial charge is 0.311 e. The van der Waals surface area contributed by atoms with E-state index < -0.39 is 11.9 Å². The van der Waals surface area contributed by atoms with E-state index >= 15 is 0 Å². The van der Waals surface area contributed by atoms with Crippen LogP contribution in [0.4, 0.5) is 5.69 Å². The van der Waals surface area contributed by atoms with Crippen LogP contribution in [-0.4, -0.2) is 37.4 Å². The van der Waals surface area contributed by atoms with E-state index in [1.54, 1.807) is 29.2 Å². The lowest BCUT2D eigenvalue weighted by Gasteiger charge is -2.17. The quantitative estimate of drug-likeness (QED) is 0.302. The number of hydrogen-bond donors (Lipinski definition) is 0. The Hall–Kier alpha value is -2.86. The first-order valence-electron chi connectivity index (χ1n) is 10.5. The molecule has 1 aliphatic heterocycles. The molecule has 2 aromatic rings. The van der Waals surface area contributed by atoms with E-state index in [-0.39, 0.29) is 31.3 Å². The SMILES string of the molecule is CCCCCOc1ccc(N2C[C@@H](C(=O)OCC(=O)c3ccc(Cl)cc3)CC2=O)cc1. The fourth-order valence-corrected chi connectivity index (χ4v) is 3.48. The van der Waals surface area contributed by atoms with Gasteiger partial charge < -0.3 is 14.4 Å². The van der Waals surface area contributed by atoms with E-state index in [1.165, 1.54) is 0 Å². The summed E-state index contributed by atoms with van der Waals surface area (Å²) in [6.07, 6.45) is 3.33. The summed E-state index contributed by atoms with van der Waals surface area (Å²) >= 11 is 5.81. The van der Waals surface area contributed by atoms with Gasteiger partial charge in [0.05, 0.1) is 12.5 Å². The van der Waals surface area contributed by atoms with Crippen molar-refractivity contribution in [1.29, 1.82) is 0 Å². The number of carbonyl (C=O) groups excluding carboxylic acids is 3. The minimum Gasteiger partial charge on any atom is -0.494 e. The topological polar surface area (TPSA) is 72.9 Å². The molecule has 0 unspecified atom stereocenters. The Morgan fingerprint density at radius 2 is 1.77 bits per heavy atom. The molecule has 1 fully saturated rings. The van der Waals surface area contributed by atoms with Gasteiger partial charge in [-0.15, -0.1) is 0 Å². The minimum atomic E-state index is -0.601. The lowest BCUT2D eigenvalue weighted by Crippen LogP contribution is -2.27. The second kappa shape index (κ2) is 11.0. The summed E-state index contributed by atoms with van der Waals surface area (Å²) in [5.74, 6) is -0.865. The predicted octanol–water partition coefficient (Wildman–Crippen LogP) is 4.69. The number of Topliss-reactive ketones (excluding diaryl/α,β-unsaturated/α-hetero) is 1. The summed E-state index contributed by atoms with van der Waals surface area (Å²) in [4.78, 5) is 38.5. The van der Waals surface area contributed by atoms with Crippen molar-refractivity contribution in [2.45, 2.75) is 32.6 Å². The minimum absolute atomic E-state index is 0.0588. The monoisotopic (exact) mass is 443 g/mol. The Labute approximate surface area is 187 Å². The highest BCUT2D eigenvalue weighted by Crippen LogP contribution is 2.27. The molecule has 3 rings (SSSR count). The molecule has 0 spiro atoms. The number of ether oxygens (including phenoxy) is 2. The molecule has 0 bridgehead atoms. The maximum atomic E-state index is 12.4. The number of esters is 1. The van der Waals surface area contributed by atoms with Gasteiger partial charge in [-0.25, -0.2) is 0 Å². The summed E-state index contributed by atoms with van der Waals surface area (Å²) < 4.78 is 10.9. The molecular weight excluding hydrogens is 418 g/mol. The highest BCUT2D eigenvalue weighted by Gasteiger charge is 2.36. The molecule has 31 heavy (non-hydrogen) atoms. The number of nitrogens with zero attached hydrogens (tertiary/aromatic N) is 1. The van der Waals surface area contributed by atoms with Crippen LogP contribution >= 0.6 is 11.6 Å². The average molecular weight is 444 g/mol. The van der Waals surface area contributed by atoms with Crippen molar-refractivity contribution in [1.82, 2.24) is 0 Å². The summed E-state index contributed by atoms with van der Waals surface area (Å²) in [5.41, 5.74) is 1.12. The van der Waals surface area contributed by atoms with Gasteiger partial charge in [-0.05, 0) is 55.0 Å². The Balaban J connectivity index is 1.50. The van der Waals surface area contributed by atoms with Gasteiger partial charge in [-0.2, -0.15) is 0 Å². The number of rotatable bonds is 10. The van der Waals surface area contributed by atoms with Gasteiger partial charge in [0.1, 0.15) is 5.75 Å². The molecule has 6 nitrogen and oxygen atoms in total. The molecule has 1 atom stereocenters. The van der Waals surface area contributed by atoms with Crippen LogP contribution in [0.3, 0.4) is 0 Å². The van der Waals surface area contributed by atoms with E-state index in [2.05, 4.69) is 6.92 Å². The number of unbranched alkanes of at least 4 members (excludes halogenated alkanes) is 2. The molecule has 0 N–H and O–H groups in total. The first-order chi connectivity index (χ1) is 15.0. The zero-order chi connectivity index (χ0) is 22.2. The van der Waals surface area contributed by atoms with E-state index in [9.17, 15) is 14.4 Å². The molecule has 1 heterocycles. The summed E-state index contributed by atoms with van der Waals surface area (Å²) in [6, 6.07) is 13.6. The van der Waals surface area contributed by atoms with Gasteiger partial charge in [-0.3, -0.25) is 14.4 Å². The normalized spacial score (nSPS) is 15.7. The summed E-state index contributed by atoms with van der Waals surface area (Å²) in [5, 5.41) is 0.522. The van der Waals surface area contributed by atoms with Crippen molar-refractivity contribution >= 4 is 34.9 Å². The highest BCUT2D eigenvalue weighted by molar-refractivity contribution is 6.30. The van der Waals surface area contributed by atoms with Crippen LogP contribution in [0, 0.1) is 5.92 Å². The molecule has 164 valence electrons. The van der Waals surface area contributed by atoms with E-state index in [1.807, 2.05) is 24.3 Å². The van der Waals surface area contributed by atoms with Crippen LogP contribution < -0.4 is 9.64 Å². The molecule has 1 aliphatic rings. The number of amides is 1. The van der Waals surface area contributed by atoms with Crippen LogP contribution in [0.1, 0.15) is 43.0 Å². The molecule has 0 aromatic heterocycles. The molecule has 2 aromatic carbocycles. The summed E-state index contributed by atoms with van der Waals surface area (Å²) in [6.45, 7) is 2.67. The second-order valence-corrected chi connectivity index (χ2v) is 7.93. The second-order valence-electron chi connectivity index (χ2n) is 7.49. The van der Waals surface area contributed by atoms with Crippen LogP contribution in [0.5, 0.6) is 5.75 Å². The lowest BCUT2D eigenvalue weighted by molar-refractivity contribution is -0.147. The fraction of sp³-hybridized carbons (Fsp3) is 0.375. The van der Waals surface area contributed by atoms with E-state index in [4.69, 9.17) is 21.1 Å². The maximum absolute atomic E-state index is 12.4. The third-order valence-electron chi connectivity index (χ3n) is 5.14. The van der Waals surface area contributed by atoms with Gasteiger partial charge in [0.2, 0.25) is 5.91 Å². The first kappa shape index (κ1) is 22.8. The number of benzene rings is 2.